The van der Waals surface area contributed by atoms with Crippen LogP contribution >= 0.6 is 0 Å². The monoisotopic (exact) mass is 434 g/mol. The molecule has 0 bridgehead atoms. The van der Waals surface area contributed by atoms with E-state index in [0.717, 1.165) is 47.7 Å². The van der Waals surface area contributed by atoms with Gasteiger partial charge in [0.2, 0.25) is 0 Å². The quantitative estimate of drug-likeness (QED) is 0.642. The van der Waals surface area contributed by atoms with Crippen molar-refractivity contribution < 1.29 is 9.13 Å². The highest BCUT2D eigenvalue weighted by Crippen LogP contribution is 2.39. The maximum Gasteiger partial charge on any atom is 0.137 e. The minimum Gasteiger partial charge on any atom is -0.496 e. The lowest BCUT2D eigenvalue weighted by Crippen LogP contribution is -2.27. The first-order chi connectivity index (χ1) is 15.5. The summed E-state index contributed by atoms with van der Waals surface area (Å²) in [4.78, 5) is 7.31. The van der Waals surface area contributed by atoms with E-state index in [9.17, 15) is 4.39 Å². The number of nitrogens with two attached hydrogens (primary N) is 1. The highest BCUT2D eigenvalue weighted by atomic mass is 19.1. The van der Waals surface area contributed by atoms with Gasteiger partial charge in [-0.15, -0.1) is 0 Å². The van der Waals surface area contributed by atoms with Crippen molar-refractivity contribution in [3.05, 3.63) is 66.0 Å². The van der Waals surface area contributed by atoms with Gasteiger partial charge in [-0.25, -0.2) is 9.37 Å². The molecule has 4 heterocycles. The average molecular weight is 435 g/mol. The summed E-state index contributed by atoms with van der Waals surface area (Å²) in [5.74, 6) is 1.16. The lowest BCUT2D eigenvalue weighted by molar-refractivity contribution is 0.409. The molecule has 2 unspecified atom stereocenters. The van der Waals surface area contributed by atoms with Gasteiger partial charge in [-0.3, -0.25) is 4.68 Å². The third-order valence-corrected chi connectivity index (χ3v) is 6.19. The Labute approximate surface area is 186 Å². The van der Waals surface area contributed by atoms with Crippen molar-refractivity contribution in [1.82, 2.24) is 20.1 Å². The second-order valence-corrected chi connectivity index (χ2v) is 8.41. The second kappa shape index (κ2) is 8.27. The molecule has 0 saturated carbocycles. The second-order valence-electron chi connectivity index (χ2n) is 8.41. The molecule has 166 valence electrons. The van der Waals surface area contributed by atoms with Gasteiger partial charge in [0.1, 0.15) is 17.4 Å². The number of aromatic nitrogens is 3. The fourth-order valence-electron chi connectivity index (χ4n) is 4.55. The highest BCUT2D eigenvalue weighted by molar-refractivity contribution is 5.76. The van der Waals surface area contributed by atoms with Gasteiger partial charge in [0.05, 0.1) is 30.6 Å². The Morgan fingerprint density at radius 3 is 2.84 bits per heavy atom. The first-order valence-corrected chi connectivity index (χ1v) is 10.8. The predicted octanol–water partition coefficient (Wildman–Crippen LogP) is 3.24. The summed E-state index contributed by atoms with van der Waals surface area (Å²) < 4.78 is 21.8. The van der Waals surface area contributed by atoms with Gasteiger partial charge in [0, 0.05) is 56.1 Å². The largest absolute Gasteiger partial charge is 0.496 e. The third-order valence-electron chi connectivity index (χ3n) is 6.19. The molecule has 1 saturated heterocycles. The first kappa shape index (κ1) is 20.5. The zero-order valence-corrected chi connectivity index (χ0v) is 18.3. The number of hydrogen-bond acceptors (Lipinski definition) is 6. The fraction of sp³-hybridized carbons (Fsp3) is 0.333. The molecule has 2 aromatic heterocycles. The molecule has 2 atom stereocenters. The number of hydrogen-bond donors (Lipinski definition) is 2. The Balaban J connectivity index is 1.46. The van der Waals surface area contributed by atoms with Crippen molar-refractivity contribution in [2.24, 2.45) is 12.8 Å². The summed E-state index contributed by atoms with van der Waals surface area (Å²) in [5, 5.41) is 7.70. The van der Waals surface area contributed by atoms with E-state index in [2.05, 4.69) is 21.4 Å². The topological polar surface area (TPSA) is 81.2 Å². The molecule has 0 aliphatic carbocycles. The van der Waals surface area contributed by atoms with Crippen molar-refractivity contribution in [2.75, 3.05) is 25.1 Å². The minimum absolute atomic E-state index is 0.0488. The van der Waals surface area contributed by atoms with E-state index < -0.39 is 0 Å². The molecule has 32 heavy (non-hydrogen) atoms. The predicted molar refractivity (Wildman–Crippen MR) is 123 cm³/mol. The number of ether oxygens (including phenoxy) is 1. The number of nitrogens with zero attached hydrogens (tertiary/aromatic N) is 4. The molecular weight excluding hydrogens is 407 g/mol. The molecule has 3 N–H and O–H groups in total. The van der Waals surface area contributed by atoms with E-state index in [4.69, 9.17) is 15.5 Å². The van der Waals surface area contributed by atoms with Crippen LogP contribution in [-0.4, -0.2) is 41.0 Å². The molecule has 5 rings (SSSR count). The number of benzene rings is 1. The number of aryl methyl sites for hydroxylation is 1. The fourth-order valence-corrected chi connectivity index (χ4v) is 4.55. The van der Waals surface area contributed by atoms with Gasteiger partial charge in [0.25, 0.3) is 0 Å². The van der Waals surface area contributed by atoms with Crippen molar-refractivity contribution in [3.63, 3.8) is 0 Å². The Morgan fingerprint density at radius 1 is 1.25 bits per heavy atom. The summed E-state index contributed by atoms with van der Waals surface area (Å²) in [6, 6.07) is 9.13. The molecule has 0 radical (unpaired) electrons. The van der Waals surface area contributed by atoms with Gasteiger partial charge >= 0.3 is 0 Å². The molecular formula is C24H27FN6O. The summed E-state index contributed by atoms with van der Waals surface area (Å²) >= 11 is 0. The Morgan fingerprint density at radius 2 is 2.12 bits per heavy atom. The molecule has 2 aliphatic rings. The number of anilines is 1. The van der Waals surface area contributed by atoms with Crippen LogP contribution in [0, 0.1) is 5.82 Å². The van der Waals surface area contributed by atoms with Crippen molar-refractivity contribution in [3.8, 4) is 16.9 Å². The van der Waals surface area contributed by atoms with Crippen LogP contribution in [0.25, 0.3) is 16.7 Å². The van der Waals surface area contributed by atoms with E-state index in [1.807, 2.05) is 31.7 Å². The number of halogens is 1. The lowest BCUT2D eigenvalue weighted by atomic mass is 9.98. The third kappa shape index (κ3) is 3.71. The van der Waals surface area contributed by atoms with Gasteiger partial charge in [0.15, 0.2) is 0 Å². The number of nitrogens with one attached hydrogen (secondary N) is 1. The van der Waals surface area contributed by atoms with Crippen LogP contribution in [-0.2, 0) is 7.05 Å². The van der Waals surface area contributed by atoms with Crippen LogP contribution in [0.5, 0.6) is 5.75 Å². The average Bonchev–Trinajstić information content (AvgIpc) is 3.54. The maximum absolute atomic E-state index is 14.6. The van der Waals surface area contributed by atoms with Gasteiger partial charge < -0.3 is 20.7 Å². The zero-order chi connectivity index (χ0) is 22.2. The normalized spacial score (nSPS) is 20.4. The summed E-state index contributed by atoms with van der Waals surface area (Å²) in [6.07, 6.45) is 7.28. The minimum atomic E-state index is -0.287. The standard InChI is InChI=1S/C24H27FN6O/c1-30-13-16(12-28-30)18-6-7-20(29-24(18)31-9-8-17(26)14-31)21-10-15(11-27-21)23-19(25)4-3-5-22(23)32-2/h3-7,11-13,17,21,27H,8-10,14,26H2,1-2H3. The molecule has 1 fully saturated rings. The molecule has 3 aromatic rings. The number of methoxy groups -OCH3 is 1. The van der Waals surface area contributed by atoms with E-state index in [-0.39, 0.29) is 17.9 Å². The van der Waals surface area contributed by atoms with Crippen molar-refractivity contribution in [2.45, 2.75) is 24.9 Å². The summed E-state index contributed by atoms with van der Waals surface area (Å²) in [5.41, 5.74) is 10.5. The van der Waals surface area contributed by atoms with E-state index in [1.54, 1.807) is 23.9 Å². The van der Waals surface area contributed by atoms with Crippen LogP contribution in [0.4, 0.5) is 10.2 Å². The molecule has 0 amide bonds. The van der Waals surface area contributed by atoms with Gasteiger partial charge in [-0.05, 0) is 36.3 Å². The number of rotatable bonds is 5. The Kier molecular flexibility index (Phi) is 5.30. The molecule has 7 nitrogen and oxygen atoms in total. The Bertz CT molecular complexity index is 1170. The number of pyridine rings is 1. The lowest BCUT2D eigenvalue weighted by Gasteiger charge is -2.22. The van der Waals surface area contributed by atoms with Crippen molar-refractivity contribution >= 4 is 11.4 Å². The van der Waals surface area contributed by atoms with Crippen LogP contribution < -0.4 is 20.7 Å². The zero-order valence-electron chi connectivity index (χ0n) is 18.3. The summed E-state index contributed by atoms with van der Waals surface area (Å²) in [7, 11) is 3.47. The SMILES string of the molecule is COc1cccc(F)c1C1=CNC(c2ccc(-c3cnn(C)c3)c(N3CCC(N)C3)n2)C1. The molecule has 1 aromatic carbocycles. The van der Waals surface area contributed by atoms with Crippen LogP contribution in [0.3, 0.4) is 0 Å². The van der Waals surface area contributed by atoms with Crippen LogP contribution in [0.1, 0.15) is 30.1 Å². The first-order valence-electron chi connectivity index (χ1n) is 10.8. The smallest absolute Gasteiger partial charge is 0.137 e. The van der Waals surface area contributed by atoms with E-state index in [1.165, 1.54) is 6.07 Å². The molecule has 2 aliphatic heterocycles. The van der Waals surface area contributed by atoms with E-state index >= 15 is 0 Å². The van der Waals surface area contributed by atoms with E-state index in [0.29, 0.717) is 17.7 Å². The van der Waals surface area contributed by atoms with Crippen molar-refractivity contribution in [1.29, 1.82) is 0 Å². The molecule has 8 heteroatoms. The van der Waals surface area contributed by atoms with Crippen LogP contribution in [0.2, 0.25) is 0 Å². The molecule has 0 spiro atoms. The van der Waals surface area contributed by atoms with Crippen LogP contribution in [0.15, 0.2) is 48.9 Å². The Hall–Kier alpha value is -3.39. The van der Waals surface area contributed by atoms with Gasteiger partial charge in [-0.2, -0.15) is 5.10 Å². The maximum atomic E-state index is 14.6. The van der Waals surface area contributed by atoms with Gasteiger partial charge in [-0.1, -0.05) is 6.07 Å². The summed E-state index contributed by atoms with van der Waals surface area (Å²) in [6.45, 7) is 1.65. The highest BCUT2D eigenvalue weighted by Gasteiger charge is 2.28.